The van der Waals surface area contributed by atoms with Crippen molar-refractivity contribution in [2.45, 2.75) is 110 Å². The van der Waals surface area contributed by atoms with Crippen LogP contribution in [0.4, 0.5) is 35.9 Å². The van der Waals surface area contributed by atoms with Crippen molar-refractivity contribution in [3.63, 3.8) is 0 Å². The first-order valence-corrected chi connectivity index (χ1v) is 16.4. The number of nitrogens with zero attached hydrogens (tertiary/aromatic N) is 4. The minimum atomic E-state index is -4.93. The summed E-state index contributed by atoms with van der Waals surface area (Å²) in [4.78, 5) is 58.4. The number of halogens is 6. The van der Waals surface area contributed by atoms with Gasteiger partial charge in [-0.05, 0) is 72.4 Å². The Morgan fingerprint density at radius 3 is 2.14 bits per heavy atom. The second-order valence-electron chi connectivity index (χ2n) is 14.5. The molecular formula is C33H42F6N6O6. The van der Waals surface area contributed by atoms with Crippen molar-refractivity contribution in [2.75, 3.05) is 19.6 Å². The molecule has 51 heavy (non-hydrogen) atoms. The molecule has 282 valence electrons. The van der Waals surface area contributed by atoms with E-state index in [1.54, 1.807) is 41.5 Å². The number of nitrogens with one attached hydrogen (secondary N) is 2. The Balaban J connectivity index is 1.56. The summed E-state index contributed by atoms with van der Waals surface area (Å²) in [7, 11) is 0. The highest BCUT2D eigenvalue weighted by Crippen LogP contribution is 2.33. The zero-order valence-electron chi connectivity index (χ0n) is 29.2. The van der Waals surface area contributed by atoms with E-state index in [0.29, 0.717) is 25.0 Å². The molecule has 1 aromatic carbocycles. The van der Waals surface area contributed by atoms with Crippen LogP contribution in [-0.2, 0) is 40.0 Å². The van der Waals surface area contributed by atoms with E-state index >= 15 is 0 Å². The summed E-state index contributed by atoms with van der Waals surface area (Å²) < 4.78 is 95.8. The smallest absolute Gasteiger partial charge is 0.444 e. The SMILES string of the molecule is CC(C)(C)OC(=O)NC(CC(=O)N1CCn2c(C(F)(F)F)nc(C(=O)N3CCC[C@@H](NC(=O)OC(C)(C)C)C3)c2C1)Cc1cc(F)c(F)cc1F. The lowest BCUT2D eigenvalue weighted by Gasteiger charge is -2.34. The Morgan fingerprint density at radius 1 is 0.882 bits per heavy atom. The Bertz CT molecular complexity index is 1650. The van der Waals surface area contributed by atoms with Gasteiger partial charge in [-0.2, -0.15) is 13.2 Å². The van der Waals surface area contributed by atoms with E-state index in [-0.39, 0.29) is 37.4 Å². The summed E-state index contributed by atoms with van der Waals surface area (Å²) in [5, 5.41) is 5.12. The molecule has 0 aliphatic carbocycles. The number of rotatable bonds is 7. The van der Waals surface area contributed by atoms with E-state index in [1.165, 1.54) is 9.80 Å². The number of benzene rings is 1. The summed E-state index contributed by atoms with van der Waals surface area (Å²) in [6, 6.07) is -0.820. The maximum Gasteiger partial charge on any atom is 0.449 e. The van der Waals surface area contributed by atoms with Gasteiger partial charge in [0.1, 0.15) is 17.0 Å². The summed E-state index contributed by atoms with van der Waals surface area (Å²) in [6.07, 6.45) is -6.69. The summed E-state index contributed by atoms with van der Waals surface area (Å²) in [5.41, 5.74) is -2.76. The third-order valence-electron chi connectivity index (χ3n) is 7.94. The fourth-order valence-corrected chi connectivity index (χ4v) is 5.85. The molecule has 1 unspecified atom stereocenters. The zero-order chi connectivity index (χ0) is 38.1. The molecule has 2 aliphatic rings. The summed E-state index contributed by atoms with van der Waals surface area (Å²) in [6.45, 7) is 8.87. The number of imidazole rings is 1. The van der Waals surface area contributed by atoms with Gasteiger partial charge < -0.3 is 34.5 Å². The lowest BCUT2D eigenvalue weighted by molar-refractivity contribution is -0.148. The monoisotopic (exact) mass is 732 g/mol. The predicted octanol–water partition coefficient (Wildman–Crippen LogP) is 5.32. The van der Waals surface area contributed by atoms with Gasteiger partial charge in [-0.3, -0.25) is 9.59 Å². The van der Waals surface area contributed by atoms with E-state index in [9.17, 15) is 45.5 Å². The lowest BCUT2D eigenvalue weighted by atomic mass is 10.0. The van der Waals surface area contributed by atoms with Gasteiger partial charge in [0.15, 0.2) is 17.3 Å². The Morgan fingerprint density at radius 2 is 1.51 bits per heavy atom. The van der Waals surface area contributed by atoms with Crippen LogP contribution >= 0.6 is 0 Å². The molecule has 1 aromatic heterocycles. The molecule has 2 aromatic rings. The highest BCUT2D eigenvalue weighted by atomic mass is 19.4. The Kier molecular flexibility index (Phi) is 11.5. The highest BCUT2D eigenvalue weighted by molar-refractivity contribution is 5.94. The van der Waals surface area contributed by atoms with Crippen molar-refractivity contribution in [2.24, 2.45) is 0 Å². The van der Waals surface area contributed by atoms with Crippen molar-refractivity contribution in [3.8, 4) is 0 Å². The third kappa shape index (κ3) is 10.5. The van der Waals surface area contributed by atoms with E-state index in [4.69, 9.17) is 9.47 Å². The minimum absolute atomic E-state index is 0.0209. The van der Waals surface area contributed by atoms with Crippen LogP contribution in [0, 0.1) is 17.5 Å². The van der Waals surface area contributed by atoms with Crippen LogP contribution in [-0.4, -0.2) is 86.3 Å². The molecule has 0 spiro atoms. The molecule has 12 nitrogen and oxygen atoms in total. The fourth-order valence-electron chi connectivity index (χ4n) is 5.85. The Labute approximate surface area is 290 Å². The van der Waals surface area contributed by atoms with Crippen molar-refractivity contribution in [3.05, 3.63) is 52.4 Å². The first-order chi connectivity index (χ1) is 23.5. The van der Waals surface area contributed by atoms with E-state index in [2.05, 4.69) is 15.6 Å². The molecule has 0 bridgehead atoms. The molecule has 18 heteroatoms. The number of ether oxygens (including phenoxy) is 2. The van der Waals surface area contributed by atoms with Gasteiger partial charge in [-0.1, -0.05) is 0 Å². The first kappa shape index (κ1) is 39.3. The maximum absolute atomic E-state index is 14.6. The van der Waals surface area contributed by atoms with Gasteiger partial charge in [0.25, 0.3) is 5.91 Å². The number of likely N-dealkylation sites (tertiary alicyclic amines) is 1. The van der Waals surface area contributed by atoms with Gasteiger partial charge in [-0.25, -0.2) is 27.7 Å². The number of aromatic nitrogens is 2. The molecular weight excluding hydrogens is 690 g/mol. The fraction of sp³-hybridized carbons (Fsp3) is 0.606. The van der Waals surface area contributed by atoms with Gasteiger partial charge in [0.05, 0.1) is 12.2 Å². The summed E-state index contributed by atoms with van der Waals surface area (Å²) in [5.74, 6) is -6.74. The van der Waals surface area contributed by atoms with Gasteiger partial charge >= 0.3 is 18.4 Å². The maximum atomic E-state index is 14.6. The van der Waals surface area contributed by atoms with Crippen molar-refractivity contribution in [1.29, 1.82) is 0 Å². The van der Waals surface area contributed by atoms with Gasteiger partial charge in [0.2, 0.25) is 11.7 Å². The minimum Gasteiger partial charge on any atom is -0.444 e. The number of fused-ring (bicyclic) bond motifs is 1. The largest absolute Gasteiger partial charge is 0.449 e. The van der Waals surface area contributed by atoms with Crippen LogP contribution in [0.25, 0.3) is 0 Å². The first-order valence-electron chi connectivity index (χ1n) is 16.4. The molecule has 4 amide bonds. The molecule has 4 rings (SSSR count). The molecule has 2 aliphatic heterocycles. The molecule has 3 heterocycles. The quantitative estimate of drug-likeness (QED) is 0.291. The molecule has 0 saturated carbocycles. The zero-order valence-corrected chi connectivity index (χ0v) is 29.2. The van der Waals surface area contributed by atoms with E-state index < -0.39 is 102 Å². The van der Waals surface area contributed by atoms with E-state index in [1.807, 2.05) is 0 Å². The molecule has 2 atom stereocenters. The Hall–Kier alpha value is -4.51. The van der Waals surface area contributed by atoms with Crippen LogP contribution in [0.15, 0.2) is 12.1 Å². The van der Waals surface area contributed by atoms with Crippen LogP contribution in [0.2, 0.25) is 0 Å². The average Bonchev–Trinajstić information content (AvgIpc) is 3.37. The molecule has 1 fully saturated rings. The van der Waals surface area contributed by atoms with Gasteiger partial charge in [-0.15, -0.1) is 0 Å². The van der Waals surface area contributed by atoms with Crippen molar-refractivity contribution in [1.82, 2.24) is 30.0 Å². The number of hydrogen-bond donors (Lipinski definition) is 2. The number of carbonyl (C=O) groups is 4. The number of alkyl halides is 3. The van der Waals surface area contributed by atoms with Crippen LogP contribution in [0.5, 0.6) is 0 Å². The van der Waals surface area contributed by atoms with Crippen molar-refractivity contribution < 1.29 is 55.0 Å². The number of carbonyl (C=O) groups excluding carboxylic acids is 4. The molecule has 2 N–H and O–H groups in total. The van der Waals surface area contributed by atoms with E-state index in [0.717, 1.165) is 4.57 Å². The lowest BCUT2D eigenvalue weighted by Crippen LogP contribution is -2.51. The third-order valence-corrected chi connectivity index (χ3v) is 7.94. The average molecular weight is 733 g/mol. The normalized spacial score (nSPS) is 17.4. The topological polar surface area (TPSA) is 135 Å². The second-order valence-corrected chi connectivity index (χ2v) is 14.5. The number of alkyl carbamates (subject to hydrolysis) is 2. The standard InChI is InChI=1S/C33H42F6N6O6/c1-31(2,3)50-29(48)40-19-8-7-9-44(16-19)27(47)26-24-17-43(10-11-45(24)28(42-26)33(37,38)39)25(46)14-20(41-30(49)51-32(4,5)6)12-18-13-22(35)23(36)15-21(18)34/h13,15,19-20H,7-12,14,16-17H2,1-6H3,(H,40,48)(H,41,49)/t19-,20?/m1/s1. The highest BCUT2D eigenvalue weighted by Gasteiger charge is 2.43. The summed E-state index contributed by atoms with van der Waals surface area (Å²) >= 11 is 0. The van der Waals surface area contributed by atoms with Crippen molar-refractivity contribution >= 4 is 24.0 Å². The number of amides is 4. The number of piperidine rings is 1. The molecule has 1 saturated heterocycles. The van der Waals surface area contributed by atoms with Gasteiger partial charge in [0, 0.05) is 50.7 Å². The van der Waals surface area contributed by atoms with Crippen LogP contribution in [0.3, 0.4) is 0 Å². The molecule has 0 radical (unpaired) electrons. The second kappa shape index (κ2) is 15.0. The number of hydrogen-bond acceptors (Lipinski definition) is 7. The predicted molar refractivity (Wildman–Crippen MR) is 169 cm³/mol. The van der Waals surface area contributed by atoms with Crippen LogP contribution < -0.4 is 10.6 Å². The van der Waals surface area contributed by atoms with Crippen LogP contribution in [0.1, 0.15) is 88.4 Å².